The normalized spacial score (nSPS) is 13.0. The van der Waals surface area contributed by atoms with Crippen LogP contribution < -0.4 is 5.32 Å². The molecule has 6 nitrogen and oxygen atoms in total. The van der Waals surface area contributed by atoms with Gasteiger partial charge in [0.25, 0.3) is 0 Å². The Bertz CT molecular complexity index is 884. The molecule has 0 saturated carbocycles. The van der Waals surface area contributed by atoms with Gasteiger partial charge in [0.2, 0.25) is 5.91 Å². The summed E-state index contributed by atoms with van der Waals surface area (Å²) in [4.78, 5) is 24.4. The molecule has 2 atom stereocenters. The van der Waals surface area contributed by atoms with Crippen LogP contribution in [0.25, 0.3) is 0 Å². The smallest absolute Gasteiger partial charge is 0.305 e. The first kappa shape index (κ1) is 52.1. The van der Waals surface area contributed by atoms with Crippen LogP contribution in [0.5, 0.6) is 0 Å². The van der Waals surface area contributed by atoms with Gasteiger partial charge >= 0.3 is 5.97 Å². The Hall–Kier alpha value is -1.92. The Kier molecular flexibility index (Phi) is 42.2. The van der Waals surface area contributed by atoms with Crippen LogP contribution in [0.3, 0.4) is 0 Å². The van der Waals surface area contributed by atoms with E-state index in [0.29, 0.717) is 19.4 Å². The molecule has 1 amide bonds. The molecule has 0 spiro atoms. The first-order chi connectivity index (χ1) is 26.5. The minimum atomic E-state index is -0.854. The Balaban J connectivity index is 3.51. The third-order valence-electron chi connectivity index (χ3n) is 10.4. The third kappa shape index (κ3) is 39.8. The van der Waals surface area contributed by atoms with Crippen LogP contribution in [0.1, 0.15) is 232 Å². The van der Waals surface area contributed by atoms with Crippen LogP contribution in [0.15, 0.2) is 36.5 Å². The number of nitrogens with one attached hydrogen (secondary N) is 1. The van der Waals surface area contributed by atoms with Gasteiger partial charge in [0.15, 0.2) is 0 Å². The third-order valence-corrected chi connectivity index (χ3v) is 10.4. The summed E-state index contributed by atoms with van der Waals surface area (Å²) in [6.45, 7) is 4.77. The molecular formula is C48H89NO5. The van der Waals surface area contributed by atoms with E-state index in [-0.39, 0.29) is 18.5 Å². The summed E-state index contributed by atoms with van der Waals surface area (Å²) in [5.74, 6) is -0.114. The maximum atomic E-state index is 12.4. The zero-order chi connectivity index (χ0) is 39.4. The number of hydrogen-bond acceptors (Lipinski definition) is 5. The largest absolute Gasteiger partial charge is 0.466 e. The second kappa shape index (κ2) is 43.8. The topological polar surface area (TPSA) is 95.9 Å². The van der Waals surface area contributed by atoms with E-state index < -0.39 is 12.1 Å². The number of aliphatic hydroxyl groups excluding tert-OH is 2. The molecule has 0 saturated heterocycles. The van der Waals surface area contributed by atoms with Crippen molar-refractivity contribution in [3.05, 3.63) is 36.5 Å². The van der Waals surface area contributed by atoms with Gasteiger partial charge in [0, 0.05) is 12.8 Å². The molecule has 0 heterocycles. The van der Waals surface area contributed by atoms with E-state index in [1.807, 2.05) is 6.08 Å². The Morgan fingerprint density at radius 3 is 1.48 bits per heavy atom. The van der Waals surface area contributed by atoms with E-state index in [2.05, 4.69) is 43.5 Å². The molecule has 0 aliphatic carbocycles. The second-order valence-electron chi connectivity index (χ2n) is 15.7. The quantitative estimate of drug-likeness (QED) is 0.0327. The van der Waals surface area contributed by atoms with Crippen molar-refractivity contribution in [2.24, 2.45) is 0 Å². The Labute approximate surface area is 334 Å². The van der Waals surface area contributed by atoms with Crippen molar-refractivity contribution in [1.82, 2.24) is 5.32 Å². The first-order valence-corrected chi connectivity index (χ1v) is 23.3. The van der Waals surface area contributed by atoms with E-state index in [4.69, 9.17) is 4.74 Å². The molecule has 0 aromatic carbocycles. The highest BCUT2D eigenvalue weighted by Gasteiger charge is 2.18. The summed E-state index contributed by atoms with van der Waals surface area (Å²) in [6, 6.07) is -0.639. The van der Waals surface area contributed by atoms with Gasteiger partial charge in [-0.3, -0.25) is 9.59 Å². The molecule has 0 aliphatic rings. The molecule has 0 rings (SSSR count). The monoisotopic (exact) mass is 760 g/mol. The summed E-state index contributed by atoms with van der Waals surface area (Å²) < 4.78 is 5.43. The zero-order valence-corrected chi connectivity index (χ0v) is 35.7. The number of carbonyl (C=O) groups is 2. The van der Waals surface area contributed by atoms with E-state index in [1.165, 1.54) is 135 Å². The van der Waals surface area contributed by atoms with Crippen LogP contribution in [-0.4, -0.2) is 47.4 Å². The minimum Gasteiger partial charge on any atom is -0.466 e. The summed E-state index contributed by atoms with van der Waals surface area (Å²) in [7, 11) is 0. The summed E-state index contributed by atoms with van der Waals surface area (Å²) >= 11 is 0. The molecule has 0 aromatic heterocycles. The van der Waals surface area contributed by atoms with Crippen molar-refractivity contribution in [1.29, 1.82) is 0 Å². The molecule has 54 heavy (non-hydrogen) atoms. The van der Waals surface area contributed by atoms with Gasteiger partial charge in [-0.2, -0.15) is 0 Å². The van der Waals surface area contributed by atoms with Crippen molar-refractivity contribution in [2.75, 3.05) is 13.2 Å². The van der Waals surface area contributed by atoms with Crippen molar-refractivity contribution < 1.29 is 24.5 Å². The van der Waals surface area contributed by atoms with E-state index in [1.54, 1.807) is 6.08 Å². The Morgan fingerprint density at radius 1 is 0.519 bits per heavy atom. The van der Waals surface area contributed by atoms with Crippen molar-refractivity contribution in [3.63, 3.8) is 0 Å². The second-order valence-corrected chi connectivity index (χ2v) is 15.7. The summed E-state index contributed by atoms with van der Waals surface area (Å²) in [5, 5.41) is 22.9. The van der Waals surface area contributed by atoms with Gasteiger partial charge in [-0.15, -0.1) is 0 Å². The average molecular weight is 760 g/mol. The predicted molar refractivity (Wildman–Crippen MR) is 232 cm³/mol. The fraction of sp³-hybridized carbons (Fsp3) is 0.833. The maximum absolute atomic E-state index is 12.4. The van der Waals surface area contributed by atoms with Crippen LogP contribution in [-0.2, 0) is 14.3 Å². The van der Waals surface area contributed by atoms with Crippen molar-refractivity contribution >= 4 is 11.9 Å². The molecule has 3 N–H and O–H groups in total. The number of carbonyl (C=O) groups excluding carboxylic acids is 2. The number of esters is 1. The number of hydrogen-bond donors (Lipinski definition) is 3. The number of ether oxygens (including phenoxy) is 1. The average Bonchev–Trinajstić information content (AvgIpc) is 3.17. The highest BCUT2D eigenvalue weighted by Crippen LogP contribution is 2.14. The van der Waals surface area contributed by atoms with E-state index >= 15 is 0 Å². The lowest BCUT2D eigenvalue weighted by Gasteiger charge is -2.20. The number of allylic oxidation sites excluding steroid dienone is 5. The molecule has 0 fully saturated rings. The maximum Gasteiger partial charge on any atom is 0.305 e. The van der Waals surface area contributed by atoms with Crippen LogP contribution in [0.2, 0.25) is 0 Å². The van der Waals surface area contributed by atoms with Crippen LogP contribution in [0, 0.1) is 0 Å². The summed E-state index contributed by atoms with van der Waals surface area (Å²) in [5.41, 5.74) is 0. The number of rotatable bonds is 42. The molecule has 316 valence electrons. The number of amides is 1. The lowest BCUT2D eigenvalue weighted by molar-refractivity contribution is -0.143. The minimum absolute atomic E-state index is 0.0273. The molecule has 0 radical (unpaired) electrons. The van der Waals surface area contributed by atoms with Crippen LogP contribution in [0.4, 0.5) is 0 Å². The van der Waals surface area contributed by atoms with Gasteiger partial charge in [-0.25, -0.2) is 0 Å². The fourth-order valence-corrected chi connectivity index (χ4v) is 6.79. The Morgan fingerprint density at radius 2 is 0.963 bits per heavy atom. The predicted octanol–water partition coefficient (Wildman–Crippen LogP) is 13.3. The lowest BCUT2D eigenvalue weighted by Crippen LogP contribution is -2.45. The van der Waals surface area contributed by atoms with Crippen molar-refractivity contribution in [2.45, 2.75) is 244 Å². The zero-order valence-electron chi connectivity index (χ0n) is 35.7. The van der Waals surface area contributed by atoms with Gasteiger partial charge in [0.05, 0.1) is 25.4 Å². The van der Waals surface area contributed by atoms with E-state index in [0.717, 1.165) is 70.6 Å². The van der Waals surface area contributed by atoms with Gasteiger partial charge in [0.1, 0.15) is 0 Å². The molecule has 2 unspecified atom stereocenters. The summed E-state index contributed by atoms with van der Waals surface area (Å²) in [6.07, 6.45) is 51.2. The highest BCUT2D eigenvalue weighted by molar-refractivity contribution is 5.76. The highest BCUT2D eigenvalue weighted by atomic mass is 16.5. The first-order valence-electron chi connectivity index (χ1n) is 23.3. The van der Waals surface area contributed by atoms with Gasteiger partial charge in [-0.1, -0.05) is 198 Å². The van der Waals surface area contributed by atoms with E-state index in [9.17, 15) is 19.8 Å². The molecule has 0 bridgehead atoms. The molecule has 0 aromatic rings. The lowest BCUT2D eigenvalue weighted by atomic mass is 10.0. The van der Waals surface area contributed by atoms with Gasteiger partial charge < -0.3 is 20.3 Å². The fourth-order valence-electron chi connectivity index (χ4n) is 6.79. The van der Waals surface area contributed by atoms with Crippen molar-refractivity contribution in [3.8, 4) is 0 Å². The number of aliphatic hydroxyl groups is 2. The molecule has 0 aliphatic heterocycles. The molecule has 6 heteroatoms. The van der Waals surface area contributed by atoms with Gasteiger partial charge in [-0.05, 0) is 57.8 Å². The molecular weight excluding hydrogens is 671 g/mol. The standard InChI is InChI=1S/C48H89NO5/c1-3-5-7-9-11-13-15-17-22-26-30-34-38-42-48(53)54-43-39-35-31-27-23-19-18-21-25-29-33-37-41-47(52)49-45(44-50)46(51)40-36-32-28-24-20-16-14-12-10-8-6-4-2/h7,9,13,15,36,40,45-46,50-51H,3-6,8,10-12,14,16-35,37-39,41-44H2,1-2H3,(H,49,52)/b9-7-,15-13-,40-36+. The van der Waals surface area contributed by atoms with Crippen LogP contribution >= 0.6 is 0 Å². The number of unbranched alkanes of at least 4 members (excludes halogenated alkanes) is 27. The SMILES string of the molecule is CCC/C=C\C/C=C\CCCCCCCC(=O)OCCCCCCCCCCCCCCC(=O)NC(CO)C(O)/C=C/CCCCCCCCCCCC.